The summed E-state index contributed by atoms with van der Waals surface area (Å²) in [6, 6.07) is 8.35. The molecule has 1 aromatic carbocycles. The van der Waals surface area contributed by atoms with E-state index < -0.39 is 9.84 Å². The SMILES string of the molecule is COc1ccc(S(=O)(=O)CCNC(=O)CCc2cccs2)cc1OC. The smallest absolute Gasteiger partial charge is 0.220 e. The van der Waals surface area contributed by atoms with Crippen molar-refractivity contribution in [2.24, 2.45) is 0 Å². The number of sulfone groups is 1. The van der Waals surface area contributed by atoms with Gasteiger partial charge in [-0.05, 0) is 30.0 Å². The summed E-state index contributed by atoms with van der Waals surface area (Å²) in [5.41, 5.74) is 0. The highest BCUT2D eigenvalue weighted by molar-refractivity contribution is 7.91. The molecule has 136 valence electrons. The van der Waals surface area contributed by atoms with Gasteiger partial charge in [0.05, 0.1) is 24.9 Å². The fourth-order valence-electron chi connectivity index (χ4n) is 2.23. The third kappa shape index (κ3) is 5.47. The lowest BCUT2D eigenvalue weighted by molar-refractivity contribution is -0.120. The summed E-state index contributed by atoms with van der Waals surface area (Å²) in [4.78, 5) is 13.1. The third-order valence-electron chi connectivity index (χ3n) is 3.59. The van der Waals surface area contributed by atoms with Crippen molar-refractivity contribution in [2.75, 3.05) is 26.5 Å². The zero-order valence-corrected chi connectivity index (χ0v) is 15.8. The summed E-state index contributed by atoms with van der Waals surface area (Å²) in [6.45, 7) is 0.0694. The van der Waals surface area contributed by atoms with Crippen LogP contribution in [0.2, 0.25) is 0 Å². The van der Waals surface area contributed by atoms with Gasteiger partial charge in [0, 0.05) is 23.9 Å². The van der Waals surface area contributed by atoms with E-state index in [0.29, 0.717) is 24.3 Å². The molecule has 0 aliphatic rings. The summed E-state index contributed by atoms with van der Waals surface area (Å²) in [6.07, 6.45) is 1.00. The summed E-state index contributed by atoms with van der Waals surface area (Å²) < 4.78 is 35.0. The van der Waals surface area contributed by atoms with Crippen molar-refractivity contribution in [3.05, 3.63) is 40.6 Å². The van der Waals surface area contributed by atoms with E-state index in [2.05, 4.69) is 5.32 Å². The highest BCUT2D eigenvalue weighted by atomic mass is 32.2. The number of hydrogen-bond donors (Lipinski definition) is 1. The highest BCUT2D eigenvalue weighted by Crippen LogP contribution is 2.29. The predicted molar refractivity (Wildman–Crippen MR) is 97.2 cm³/mol. The molecule has 0 spiro atoms. The molecule has 1 heterocycles. The molecular weight excluding hydrogens is 362 g/mol. The second kappa shape index (κ2) is 8.87. The van der Waals surface area contributed by atoms with E-state index in [4.69, 9.17) is 9.47 Å². The first kappa shape index (κ1) is 19.3. The minimum atomic E-state index is -3.52. The average molecular weight is 383 g/mol. The number of thiophene rings is 1. The number of amides is 1. The number of carbonyl (C=O) groups excluding carboxylic acids is 1. The molecule has 6 nitrogen and oxygen atoms in total. The number of carbonyl (C=O) groups is 1. The topological polar surface area (TPSA) is 81.7 Å². The number of ether oxygens (including phenoxy) is 2. The zero-order chi connectivity index (χ0) is 18.3. The van der Waals surface area contributed by atoms with Crippen molar-refractivity contribution in [1.29, 1.82) is 0 Å². The fraction of sp³-hybridized carbons (Fsp3) is 0.353. The van der Waals surface area contributed by atoms with Crippen LogP contribution in [0, 0.1) is 0 Å². The van der Waals surface area contributed by atoms with Crippen LogP contribution in [0.25, 0.3) is 0 Å². The molecule has 1 amide bonds. The van der Waals surface area contributed by atoms with Crippen LogP contribution in [0.4, 0.5) is 0 Å². The first-order chi connectivity index (χ1) is 12.0. The molecule has 1 N–H and O–H groups in total. The molecule has 0 fully saturated rings. The van der Waals surface area contributed by atoms with Gasteiger partial charge in [0.1, 0.15) is 0 Å². The van der Waals surface area contributed by atoms with E-state index in [1.807, 2.05) is 17.5 Å². The zero-order valence-electron chi connectivity index (χ0n) is 14.2. The van der Waals surface area contributed by atoms with Gasteiger partial charge < -0.3 is 14.8 Å². The predicted octanol–water partition coefficient (Wildman–Crippen LogP) is 2.29. The summed E-state index contributed by atoms with van der Waals surface area (Å²) >= 11 is 1.60. The molecule has 0 atom stereocenters. The molecule has 0 aliphatic heterocycles. The average Bonchev–Trinajstić information content (AvgIpc) is 3.12. The lowest BCUT2D eigenvalue weighted by atomic mass is 10.2. The Morgan fingerprint density at radius 2 is 1.92 bits per heavy atom. The van der Waals surface area contributed by atoms with Gasteiger partial charge in [-0.1, -0.05) is 6.07 Å². The number of rotatable bonds is 9. The second-order valence-corrected chi connectivity index (χ2v) is 8.41. The van der Waals surface area contributed by atoms with Crippen molar-refractivity contribution in [2.45, 2.75) is 17.7 Å². The molecule has 0 bridgehead atoms. The van der Waals surface area contributed by atoms with E-state index in [1.54, 1.807) is 17.4 Å². The monoisotopic (exact) mass is 383 g/mol. The Hall–Kier alpha value is -2.06. The molecule has 2 aromatic rings. The lowest BCUT2D eigenvalue weighted by Crippen LogP contribution is -2.29. The van der Waals surface area contributed by atoms with Crippen molar-refractivity contribution in [3.63, 3.8) is 0 Å². The molecule has 2 rings (SSSR count). The Bertz CT molecular complexity index is 800. The van der Waals surface area contributed by atoms with Gasteiger partial charge in [0.2, 0.25) is 5.91 Å². The standard InChI is InChI=1S/C17H21NO5S2/c1-22-15-7-6-14(12-16(15)23-2)25(20,21)11-9-18-17(19)8-5-13-4-3-10-24-13/h3-4,6-7,10,12H,5,8-9,11H2,1-2H3,(H,18,19). The minimum absolute atomic E-state index is 0.0694. The van der Waals surface area contributed by atoms with E-state index in [9.17, 15) is 13.2 Å². The van der Waals surface area contributed by atoms with Crippen LogP contribution in [0.5, 0.6) is 11.5 Å². The normalized spacial score (nSPS) is 11.1. The molecule has 0 aliphatic carbocycles. The lowest BCUT2D eigenvalue weighted by Gasteiger charge is -2.10. The summed E-state index contributed by atoms with van der Waals surface area (Å²) in [5, 5.41) is 4.61. The number of benzene rings is 1. The van der Waals surface area contributed by atoms with E-state index in [1.165, 1.54) is 26.4 Å². The Morgan fingerprint density at radius 1 is 1.16 bits per heavy atom. The Morgan fingerprint density at radius 3 is 2.56 bits per heavy atom. The number of hydrogen-bond acceptors (Lipinski definition) is 6. The number of methoxy groups -OCH3 is 2. The largest absolute Gasteiger partial charge is 0.493 e. The van der Waals surface area contributed by atoms with Crippen molar-refractivity contribution >= 4 is 27.1 Å². The molecule has 25 heavy (non-hydrogen) atoms. The molecule has 0 saturated carbocycles. The van der Waals surface area contributed by atoms with Crippen molar-refractivity contribution < 1.29 is 22.7 Å². The van der Waals surface area contributed by atoms with Gasteiger partial charge in [0.15, 0.2) is 21.3 Å². The Balaban J connectivity index is 1.87. The van der Waals surface area contributed by atoms with Gasteiger partial charge >= 0.3 is 0 Å². The van der Waals surface area contributed by atoms with Crippen LogP contribution in [0.15, 0.2) is 40.6 Å². The summed E-state index contributed by atoms with van der Waals surface area (Å²) in [7, 11) is -0.590. The summed E-state index contributed by atoms with van der Waals surface area (Å²) in [5.74, 6) is 0.482. The maximum atomic E-state index is 12.4. The molecule has 8 heteroatoms. The van der Waals surface area contributed by atoms with Crippen LogP contribution < -0.4 is 14.8 Å². The quantitative estimate of drug-likeness (QED) is 0.718. The van der Waals surface area contributed by atoms with Gasteiger partial charge in [-0.2, -0.15) is 0 Å². The van der Waals surface area contributed by atoms with E-state index >= 15 is 0 Å². The minimum Gasteiger partial charge on any atom is -0.493 e. The first-order valence-electron chi connectivity index (χ1n) is 7.70. The van der Waals surface area contributed by atoms with E-state index in [-0.39, 0.29) is 23.1 Å². The number of nitrogens with one attached hydrogen (secondary N) is 1. The van der Waals surface area contributed by atoms with Crippen LogP contribution >= 0.6 is 11.3 Å². The Labute approximate surface area is 151 Å². The van der Waals surface area contributed by atoms with Crippen LogP contribution in [0.1, 0.15) is 11.3 Å². The van der Waals surface area contributed by atoms with Crippen molar-refractivity contribution in [1.82, 2.24) is 5.32 Å². The third-order valence-corrected chi connectivity index (χ3v) is 6.24. The molecule has 0 unspecified atom stereocenters. The van der Waals surface area contributed by atoms with Gasteiger partial charge in [-0.3, -0.25) is 4.79 Å². The number of aryl methyl sites for hydroxylation is 1. The Kier molecular flexibility index (Phi) is 6.83. The molecule has 0 saturated heterocycles. The highest BCUT2D eigenvalue weighted by Gasteiger charge is 2.17. The maximum absolute atomic E-state index is 12.4. The molecule has 1 aromatic heterocycles. The maximum Gasteiger partial charge on any atom is 0.220 e. The van der Waals surface area contributed by atoms with Gasteiger partial charge in [-0.25, -0.2) is 8.42 Å². The fourth-order valence-corrected chi connectivity index (χ4v) is 4.11. The molecule has 0 radical (unpaired) electrons. The van der Waals surface area contributed by atoms with Crippen LogP contribution in [-0.2, 0) is 21.1 Å². The van der Waals surface area contributed by atoms with E-state index in [0.717, 1.165) is 4.88 Å². The van der Waals surface area contributed by atoms with Crippen LogP contribution in [0.3, 0.4) is 0 Å². The van der Waals surface area contributed by atoms with Gasteiger partial charge in [-0.15, -0.1) is 11.3 Å². The molecular formula is C17H21NO5S2. The second-order valence-electron chi connectivity index (χ2n) is 5.26. The van der Waals surface area contributed by atoms with Crippen LogP contribution in [-0.4, -0.2) is 40.8 Å². The van der Waals surface area contributed by atoms with Gasteiger partial charge in [0.25, 0.3) is 0 Å². The first-order valence-corrected chi connectivity index (χ1v) is 10.2. The van der Waals surface area contributed by atoms with Crippen molar-refractivity contribution in [3.8, 4) is 11.5 Å².